The Hall–Kier alpha value is -2.88. The minimum Gasteiger partial charge on any atom is -0.481 e. The Morgan fingerprint density at radius 3 is 2.16 bits per heavy atom. The number of aliphatic carboxylic acids is 1. The Bertz CT molecular complexity index is 708. The molecule has 0 fully saturated rings. The van der Waals surface area contributed by atoms with Crippen molar-refractivity contribution in [1.82, 2.24) is 5.32 Å². The maximum absolute atomic E-state index is 12.6. The fourth-order valence-electron chi connectivity index (χ4n) is 2.49. The van der Waals surface area contributed by atoms with E-state index in [2.05, 4.69) is 5.32 Å². The lowest BCUT2D eigenvalue weighted by molar-refractivity contribution is -0.137. The lowest BCUT2D eigenvalue weighted by Crippen LogP contribution is -2.25. The van der Waals surface area contributed by atoms with Gasteiger partial charge in [-0.3, -0.25) is 9.59 Å². The summed E-state index contributed by atoms with van der Waals surface area (Å²) in [7, 11) is 0. The SMILES string of the molecule is O=C(O)CCCCCNC(=O)/C(=C/c1ccccc1)c1ccccc1. The average molecular weight is 337 g/mol. The molecule has 0 aliphatic carbocycles. The van der Waals surface area contributed by atoms with E-state index in [4.69, 9.17) is 5.11 Å². The molecule has 0 saturated carbocycles. The summed E-state index contributed by atoms with van der Waals surface area (Å²) >= 11 is 0. The van der Waals surface area contributed by atoms with Gasteiger partial charge in [0.1, 0.15) is 0 Å². The van der Waals surface area contributed by atoms with Crippen molar-refractivity contribution in [3.8, 4) is 0 Å². The molecule has 130 valence electrons. The third-order valence-corrected chi connectivity index (χ3v) is 3.79. The van der Waals surface area contributed by atoms with E-state index in [0.717, 1.165) is 24.0 Å². The van der Waals surface area contributed by atoms with Crippen LogP contribution in [-0.4, -0.2) is 23.5 Å². The summed E-state index contributed by atoms with van der Waals surface area (Å²) in [4.78, 5) is 23.1. The molecular weight excluding hydrogens is 314 g/mol. The first kappa shape index (κ1) is 18.5. The van der Waals surface area contributed by atoms with Gasteiger partial charge in [-0.25, -0.2) is 0 Å². The van der Waals surface area contributed by atoms with E-state index in [1.807, 2.05) is 66.7 Å². The number of carboxylic acid groups (broad SMARTS) is 1. The van der Waals surface area contributed by atoms with Gasteiger partial charge in [0, 0.05) is 18.5 Å². The summed E-state index contributed by atoms with van der Waals surface area (Å²) in [6.07, 6.45) is 4.25. The van der Waals surface area contributed by atoms with Crippen molar-refractivity contribution in [2.24, 2.45) is 0 Å². The first-order chi connectivity index (χ1) is 12.2. The Kier molecular flexibility index (Phi) is 7.44. The van der Waals surface area contributed by atoms with Crippen molar-refractivity contribution >= 4 is 23.5 Å². The molecule has 4 heteroatoms. The number of nitrogens with one attached hydrogen (secondary N) is 1. The highest BCUT2D eigenvalue weighted by Gasteiger charge is 2.11. The number of carboxylic acids is 1. The van der Waals surface area contributed by atoms with E-state index < -0.39 is 5.97 Å². The van der Waals surface area contributed by atoms with Crippen LogP contribution in [-0.2, 0) is 9.59 Å². The molecule has 0 heterocycles. The minimum absolute atomic E-state index is 0.117. The predicted octanol–water partition coefficient (Wildman–Crippen LogP) is 3.99. The summed E-state index contributed by atoms with van der Waals surface area (Å²) in [5.74, 6) is -0.894. The van der Waals surface area contributed by atoms with Gasteiger partial charge in [0.25, 0.3) is 5.91 Å². The summed E-state index contributed by atoms with van der Waals surface area (Å²) in [6, 6.07) is 19.3. The fourth-order valence-corrected chi connectivity index (χ4v) is 2.49. The number of rotatable bonds is 9. The second kappa shape index (κ2) is 10.1. The highest BCUT2D eigenvalue weighted by atomic mass is 16.4. The van der Waals surface area contributed by atoms with Crippen molar-refractivity contribution in [1.29, 1.82) is 0 Å². The molecule has 0 atom stereocenters. The number of hydrogen-bond acceptors (Lipinski definition) is 2. The third kappa shape index (κ3) is 6.63. The molecule has 1 amide bonds. The standard InChI is InChI=1S/C21H23NO3/c23-20(24)14-8-3-9-15-22-21(25)19(18-12-6-2-7-13-18)16-17-10-4-1-5-11-17/h1-2,4-7,10-13,16H,3,8-9,14-15H2,(H,22,25)(H,23,24)/b19-16+. The zero-order valence-corrected chi connectivity index (χ0v) is 14.2. The largest absolute Gasteiger partial charge is 0.481 e. The van der Waals surface area contributed by atoms with Crippen LogP contribution in [0.2, 0.25) is 0 Å². The van der Waals surface area contributed by atoms with Crippen LogP contribution < -0.4 is 5.32 Å². The quantitative estimate of drug-likeness (QED) is 0.413. The maximum Gasteiger partial charge on any atom is 0.303 e. The van der Waals surface area contributed by atoms with Crippen LogP contribution in [0.25, 0.3) is 11.6 Å². The molecule has 2 N–H and O–H groups in total. The lowest BCUT2D eigenvalue weighted by atomic mass is 10.0. The second-order valence-corrected chi connectivity index (χ2v) is 5.80. The van der Waals surface area contributed by atoms with Crippen LogP contribution in [0, 0.1) is 0 Å². The van der Waals surface area contributed by atoms with Gasteiger partial charge in [-0.05, 0) is 30.0 Å². The van der Waals surface area contributed by atoms with Crippen LogP contribution in [0.3, 0.4) is 0 Å². The van der Waals surface area contributed by atoms with E-state index in [9.17, 15) is 9.59 Å². The molecule has 0 aliphatic heterocycles. The topological polar surface area (TPSA) is 66.4 Å². The third-order valence-electron chi connectivity index (χ3n) is 3.79. The zero-order chi connectivity index (χ0) is 17.9. The number of carbonyl (C=O) groups is 2. The van der Waals surface area contributed by atoms with Gasteiger partial charge in [0.05, 0.1) is 0 Å². The molecule has 2 aromatic rings. The molecule has 25 heavy (non-hydrogen) atoms. The average Bonchev–Trinajstić information content (AvgIpc) is 2.63. The summed E-state index contributed by atoms with van der Waals surface area (Å²) in [5, 5.41) is 11.6. The summed E-state index contributed by atoms with van der Waals surface area (Å²) < 4.78 is 0. The molecule has 0 spiro atoms. The fraction of sp³-hybridized carbons (Fsp3) is 0.238. The second-order valence-electron chi connectivity index (χ2n) is 5.80. The van der Waals surface area contributed by atoms with Gasteiger partial charge < -0.3 is 10.4 Å². The van der Waals surface area contributed by atoms with Crippen LogP contribution in [0.5, 0.6) is 0 Å². The zero-order valence-electron chi connectivity index (χ0n) is 14.2. The van der Waals surface area contributed by atoms with Gasteiger partial charge >= 0.3 is 5.97 Å². The summed E-state index contributed by atoms with van der Waals surface area (Å²) in [6.45, 7) is 0.539. The summed E-state index contributed by atoms with van der Waals surface area (Å²) in [5.41, 5.74) is 2.46. The first-order valence-electron chi connectivity index (χ1n) is 8.49. The number of carbonyl (C=O) groups excluding carboxylic acids is 1. The van der Waals surface area contributed by atoms with Crippen molar-refractivity contribution in [2.45, 2.75) is 25.7 Å². The first-order valence-corrected chi connectivity index (χ1v) is 8.49. The maximum atomic E-state index is 12.6. The van der Waals surface area contributed by atoms with Crippen molar-refractivity contribution in [3.05, 3.63) is 71.8 Å². The lowest BCUT2D eigenvalue weighted by Gasteiger charge is -2.10. The smallest absolute Gasteiger partial charge is 0.303 e. The van der Waals surface area contributed by atoms with Gasteiger partial charge in [-0.2, -0.15) is 0 Å². The number of unbranched alkanes of at least 4 members (excludes halogenated alkanes) is 2. The highest BCUT2D eigenvalue weighted by molar-refractivity contribution is 6.24. The van der Waals surface area contributed by atoms with E-state index in [1.54, 1.807) is 0 Å². The molecular formula is C21H23NO3. The van der Waals surface area contributed by atoms with E-state index in [0.29, 0.717) is 18.5 Å². The minimum atomic E-state index is -0.777. The van der Waals surface area contributed by atoms with Crippen LogP contribution in [0.1, 0.15) is 36.8 Å². The monoisotopic (exact) mass is 337 g/mol. The molecule has 0 radical (unpaired) electrons. The van der Waals surface area contributed by atoms with Gasteiger partial charge in [-0.1, -0.05) is 67.1 Å². The van der Waals surface area contributed by atoms with Gasteiger partial charge in [-0.15, -0.1) is 0 Å². The van der Waals surface area contributed by atoms with Crippen molar-refractivity contribution in [2.75, 3.05) is 6.54 Å². The van der Waals surface area contributed by atoms with Gasteiger partial charge in [0.2, 0.25) is 0 Å². The van der Waals surface area contributed by atoms with Crippen LogP contribution in [0.4, 0.5) is 0 Å². The molecule has 4 nitrogen and oxygen atoms in total. The van der Waals surface area contributed by atoms with Crippen molar-refractivity contribution < 1.29 is 14.7 Å². The van der Waals surface area contributed by atoms with E-state index >= 15 is 0 Å². The molecule has 0 unspecified atom stereocenters. The molecule has 2 aromatic carbocycles. The molecule has 0 saturated heterocycles. The highest BCUT2D eigenvalue weighted by Crippen LogP contribution is 2.18. The Balaban J connectivity index is 2.00. The molecule has 0 aliphatic rings. The molecule has 0 bridgehead atoms. The van der Waals surface area contributed by atoms with Crippen LogP contribution in [0.15, 0.2) is 60.7 Å². The number of hydrogen-bond donors (Lipinski definition) is 2. The Labute approximate surface area is 148 Å². The Morgan fingerprint density at radius 2 is 1.52 bits per heavy atom. The number of benzene rings is 2. The normalized spacial score (nSPS) is 11.1. The number of amides is 1. The van der Waals surface area contributed by atoms with Crippen molar-refractivity contribution in [3.63, 3.8) is 0 Å². The molecule has 0 aromatic heterocycles. The van der Waals surface area contributed by atoms with Crippen LogP contribution >= 0.6 is 0 Å². The predicted molar refractivity (Wildman–Crippen MR) is 99.9 cm³/mol. The molecule has 2 rings (SSSR count). The van der Waals surface area contributed by atoms with Gasteiger partial charge in [0.15, 0.2) is 0 Å². The van der Waals surface area contributed by atoms with E-state index in [-0.39, 0.29) is 12.3 Å². The Morgan fingerprint density at radius 1 is 0.880 bits per heavy atom. The van der Waals surface area contributed by atoms with E-state index in [1.165, 1.54) is 0 Å².